The molecule has 5 nitrogen and oxygen atoms in total. The van der Waals surface area contributed by atoms with Gasteiger partial charge < -0.3 is 10.5 Å². The van der Waals surface area contributed by atoms with Crippen molar-refractivity contribution in [3.05, 3.63) is 57.6 Å². The van der Waals surface area contributed by atoms with Crippen molar-refractivity contribution in [1.82, 2.24) is 5.48 Å². The summed E-state index contributed by atoms with van der Waals surface area (Å²) in [5, 5.41) is 1.02. The average Bonchev–Trinajstić information content (AvgIpc) is 2.98. The molecule has 0 aliphatic carbocycles. The second-order valence-corrected chi connectivity index (χ2v) is 6.46. The fraction of sp³-hybridized carbons (Fsp3) is 0.235. The van der Waals surface area contributed by atoms with Gasteiger partial charge in [-0.1, -0.05) is 29.3 Å². The molecule has 0 amide bonds. The van der Waals surface area contributed by atoms with Crippen molar-refractivity contribution in [2.24, 2.45) is 4.99 Å². The van der Waals surface area contributed by atoms with Gasteiger partial charge in [0.15, 0.2) is 5.84 Å². The molecule has 2 aromatic carbocycles. The highest BCUT2D eigenvalue weighted by Gasteiger charge is 2.23. The second kappa shape index (κ2) is 6.89. The van der Waals surface area contributed by atoms with Gasteiger partial charge >= 0.3 is 0 Å². The third-order valence-corrected chi connectivity index (χ3v) is 3.99. The van der Waals surface area contributed by atoms with E-state index in [1.165, 1.54) is 0 Å². The van der Waals surface area contributed by atoms with E-state index in [0.717, 1.165) is 11.1 Å². The van der Waals surface area contributed by atoms with Crippen LogP contribution < -0.4 is 16.0 Å². The number of nitrogens with one attached hydrogen (secondary N) is 1. The summed E-state index contributed by atoms with van der Waals surface area (Å²) in [5.41, 5.74) is 10.6. The summed E-state index contributed by atoms with van der Waals surface area (Å²) < 4.78 is 5.63. The van der Waals surface area contributed by atoms with Crippen LogP contribution in [0.25, 0.3) is 0 Å². The van der Waals surface area contributed by atoms with Crippen molar-refractivity contribution in [1.29, 1.82) is 0 Å². The monoisotopic (exact) mass is 365 g/mol. The number of hydrogen-bond donors (Lipinski definition) is 2. The first-order valence-corrected chi connectivity index (χ1v) is 8.20. The summed E-state index contributed by atoms with van der Waals surface area (Å²) in [6.07, 6.45) is -0.492. The number of nitrogen functional groups attached to an aromatic ring is 1. The number of aliphatic imine (C=N–C) groups is 1. The normalized spacial score (nSPS) is 16.9. The fourth-order valence-electron chi connectivity index (χ4n) is 2.29. The minimum absolute atomic E-state index is 0.0515. The first-order chi connectivity index (χ1) is 11.4. The Bertz CT molecular complexity index is 793. The van der Waals surface area contributed by atoms with Crippen molar-refractivity contribution >= 4 is 34.7 Å². The highest BCUT2D eigenvalue weighted by molar-refractivity contribution is 6.32. The van der Waals surface area contributed by atoms with E-state index >= 15 is 0 Å². The van der Waals surface area contributed by atoms with E-state index in [4.69, 9.17) is 38.5 Å². The number of anilines is 1. The van der Waals surface area contributed by atoms with Crippen molar-refractivity contribution in [2.45, 2.75) is 26.2 Å². The third-order valence-electron chi connectivity index (χ3n) is 3.37. The van der Waals surface area contributed by atoms with Gasteiger partial charge in [-0.3, -0.25) is 0 Å². The number of ether oxygens (including phenoxy) is 1. The molecule has 0 saturated heterocycles. The lowest BCUT2D eigenvalue weighted by molar-refractivity contribution is 0.0377. The zero-order valence-corrected chi connectivity index (χ0v) is 14.7. The molecule has 1 heterocycles. The van der Waals surface area contributed by atoms with Crippen LogP contribution in [0.4, 0.5) is 5.69 Å². The van der Waals surface area contributed by atoms with Crippen LogP contribution in [0, 0.1) is 0 Å². The van der Waals surface area contributed by atoms with E-state index in [1.54, 1.807) is 24.3 Å². The van der Waals surface area contributed by atoms with E-state index in [-0.39, 0.29) is 6.10 Å². The van der Waals surface area contributed by atoms with E-state index < -0.39 is 6.23 Å². The molecule has 126 valence electrons. The molecule has 2 aromatic rings. The first-order valence-electron chi connectivity index (χ1n) is 7.45. The zero-order valence-electron chi connectivity index (χ0n) is 13.2. The summed E-state index contributed by atoms with van der Waals surface area (Å²) in [6.45, 7) is 3.89. The molecule has 0 radical (unpaired) electrons. The molecule has 1 aliphatic rings. The van der Waals surface area contributed by atoms with Crippen LogP contribution in [0.1, 0.15) is 31.2 Å². The Morgan fingerprint density at radius 3 is 2.62 bits per heavy atom. The van der Waals surface area contributed by atoms with Crippen molar-refractivity contribution in [3.8, 4) is 5.75 Å². The van der Waals surface area contributed by atoms with Gasteiger partial charge in [-0.25, -0.2) is 15.3 Å². The molecule has 0 fully saturated rings. The van der Waals surface area contributed by atoms with E-state index in [1.807, 2.05) is 26.0 Å². The number of nitrogens with zero attached hydrogens (tertiary/aromatic N) is 1. The Balaban J connectivity index is 1.84. The van der Waals surface area contributed by atoms with Gasteiger partial charge in [-0.15, -0.1) is 0 Å². The summed E-state index contributed by atoms with van der Waals surface area (Å²) in [7, 11) is 0. The summed E-state index contributed by atoms with van der Waals surface area (Å²) >= 11 is 12.5. The number of benzene rings is 2. The van der Waals surface area contributed by atoms with Crippen LogP contribution in [-0.2, 0) is 4.84 Å². The minimum atomic E-state index is -0.543. The van der Waals surface area contributed by atoms with Gasteiger partial charge in [0, 0.05) is 16.8 Å². The highest BCUT2D eigenvalue weighted by Crippen LogP contribution is 2.32. The van der Waals surface area contributed by atoms with Crippen molar-refractivity contribution in [2.75, 3.05) is 5.73 Å². The lowest BCUT2D eigenvalue weighted by atomic mass is 10.1. The Hall–Kier alpha value is -1.95. The largest absolute Gasteiger partial charge is 0.489 e. The summed E-state index contributed by atoms with van der Waals surface area (Å²) in [6, 6.07) is 10.7. The van der Waals surface area contributed by atoms with Gasteiger partial charge in [-0.2, -0.15) is 0 Å². The third kappa shape index (κ3) is 3.59. The van der Waals surface area contributed by atoms with Crippen molar-refractivity contribution < 1.29 is 9.57 Å². The van der Waals surface area contributed by atoms with Crippen LogP contribution in [0.2, 0.25) is 10.0 Å². The molecular weight excluding hydrogens is 349 g/mol. The number of hydroxylamine groups is 1. The first kappa shape index (κ1) is 16.9. The maximum absolute atomic E-state index is 6.26. The van der Waals surface area contributed by atoms with Crippen molar-refractivity contribution in [3.63, 3.8) is 0 Å². The molecule has 3 rings (SSSR count). The molecule has 1 unspecified atom stereocenters. The van der Waals surface area contributed by atoms with Gasteiger partial charge in [0.1, 0.15) is 5.75 Å². The number of halogens is 2. The quantitative estimate of drug-likeness (QED) is 0.790. The number of hydrogen-bond acceptors (Lipinski definition) is 5. The lowest BCUT2D eigenvalue weighted by Crippen LogP contribution is -2.18. The predicted molar refractivity (Wildman–Crippen MR) is 96.6 cm³/mol. The molecule has 1 aliphatic heterocycles. The van der Waals surface area contributed by atoms with Gasteiger partial charge in [-0.05, 0) is 44.2 Å². The van der Waals surface area contributed by atoms with Gasteiger partial charge in [0.05, 0.1) is 16.1 Å². The summed E-state index contributed by atoms with van der Waals surface area (Å²) in [5.74, 6) is 1.21. The molecule has 0 aromatic heterocycles. The Morgan fingerprint density at radius 2 is 1.96 bits per heavy atom. The highest BCUT2D eigenvalue weighted by atomic mass is 35.5. The van der Waals surface area contributed by atoms with Crippen LogP contribution in [0.15, 0.2) is 41.4 Å². The van der Waals surface area contributed by atoms with Gasteiger partial charge in [0.2, 0.25) is 6.23 Å². The second-order valence-electron chi connectivity index (χ2n) is 5.64. The molecular formula is C17H17Cl2N3O2. The number of nitrogens with two attached hydrogens (primary N) is 1. The summed E-state index contributed by atoms with van der Waals surface area (Å²) in [4.78, 5) is 10.0. The molecule has 7 heteroatoms. The van der Waals surface area contributed by atoms with Crippen LogP contribution in [0.3, 0.4) is 0 Å². The Morgan fingerprint density at radius 1 is 1.17 bits per heavy atom. The number of rotatable bonds is 4. The van der Waals surface area contributed by atoms with Crippen LogP contribution in [-0.4, -0.2) is 11.9 Å². The molecule has 0 saturated carbocycles. The van der Waals surface area contributed by atoms with Crippen LogP contribution in [0.5, 0.6) is 5.75 Å². The van der Waals surface area contributed by atoms with E-state index in [0.29, 0.717) is 27.3 Å². The minimum Gasteiger partial charge on any atom is -0.489 e. The molecule has 3 N–H and O–H groups in total. The molecule has 24 heavy (non-hydrogen) atoms. The van der Waals surface area contributed by atoms with E-state index in [2.05, 4.69) is 10.5 Å². The Labute approximate surface area is 150 Å². The van der Waals surface area contributed by atoms with Gasteiger partial charge in [0.25, 0.3) is 0 Å². The predicted octanol–water partition coefficient (Wildman–Crippen LogP) is 4.34. The standard InChI is InChI=1S/C17H17Cl2N3O2/c1-9(2)23-15-6-3-10(7-14(15)19)16-21-17(24-22-16)12-5-4-11(20)8-13(12)18/h3-9,17H,20H2,1-2H3,(H,21,22). The fourth-order valence-corrected chi connectivity index (χ4v) is 2.80. The molecule has 0 bridgehead atoms. The smallest absolute Gasteiger partial charge is 0.204 e. The van der Waals surface area contributed by atoms with Crippen LogP contribution >= 0.6 is 23.2 Å². The SMILES string of the molecule is CC(C)Oc1ccc(C2=NC(c3ccc(N)cc3Cl)ON2)cc1Cl. The molecule has 0 spiro atoms. The lowest BCUT2D eigenvalue weighted by Gasteiger charge is -2.12. The topological polar surface area (TPSA) is 68.9 Å². The Kier molecular flexibility index (Phi) is 4.85. The van der Waals surface area contributed by atoms with E-state index in [9.17, 15) is 0 Å². The number of amidine groups is 1. The zero-order chi connectivity index (χ0) is 17.3. The average molecular weight is 366 g/mol. The molecule has 1 atom stereocenters. The maximum Gasteiger partial charge on any atom is 0.204 e. The maximum atomic E-state index is 6.26.